The Morgan fingerprint density at radius 2 is 1.80 bits per heavy atom. The minimum atomic E-state index is -3.25. The van der Waals surface area contributed by atoms with Crippen molar-refractivity contribution in [3.8, 4) is 11.8 Å². The van der Waals surface area contributed by atoms with E-state index in [-0.39, 0.29) is 17.7 Å². The average molecular weight is 294 g/mol. The average Bonchev–Trinajstić information content (AvgIpc) is 2.34. The lowest BCUT2D eigenvalue weighted by molar-refractivity contribution is 0.554. The number of benzene rings is 1. The second-order valence-electron chi connectivity index (χ2n) is 5.14. The van der Waals surface area contributed by atoms with Gasteiger partial charge in [0.2, 0.25) is 10.0 Å². The summed E-state index contributed by atoms with van der Waals surface area (Å²) in [5.41, 5.74) is 7.10. The summed E-state index contributed by atoms with van der Waals surface area (Å²) in [5, 5.41) is 0. The first-order chi connectivity index (χ1) is 9.34. The van der Waals surface area contributed by atoms with Gasteiger partial charge in [0, 0.05) is 11.6 Å². The molecule has 1 aromatic rings. The molecular weight excluding hydrogens is 272 g/mol. The van der Waals surface area contributed by atoms with Crippen LogP contribution < -0.4 is 10.5 Å². The van der Waals surface area contributed by atoms with Crippen LogP contribution in [0.4, 0.5) is 0 Å². The Balaban J connectivity index is 2.75. The Bertz CT molecular complexity index is 581. The molecule has 0 radical (unpaired) electrons. The zero-order valence-electron chi connectivity index (χ0n) is 12.2. The molecule has 1 atom stereocenters. The minimum absolute atomic E-state index is 0.105. The number of nitrogens with two attached hydrogens (primary N) is 1. The van der Waals surface area contributed by atoms with Gasteiger partial charge in [-0.25, -0.2) is 13.1 Å². The third-order valence-corrected chi connectivity index (χ3v) is 4.47. The normalized spacial score (nSPS) is 12.8. The van der Waals surface area contributed by atoms with Gasteiger partial charge in [0.05, 0.1) is 12.3 Å². The van der Waals surface area contributed by atoms with Crippen LogP contribution in [-0.4, -0.2) is 20.7 Å². The van der Waals surface area contributed by atoms with E-state index in [2.05, 4.69) is 16.6 Å². The monoisotopic (exact) mass is 294 g/mol. The van der Waals surface area contributed by atoms with E-state index < -0.39 is 10.0 Å². The summed E-state index contributed by atoms with van der Waals surface area (Å²) in [6, 6.07) is 7.23. The van der Waals surface area contributed by atoms with E-state index in [0.717, 1.165) is 11.1 Å². The molecular formula is C15H22N2O2S. The van der Waals surface area contributed by atoms with Crippen molar-refractivity contribution in [1.29, 1.82) is 0 Å². The lowest BCUT2D eigenvalue weighted by Crippen LogP contribution is -2.30. The molecule has 0 aliphatic heterocycles. The summed E-state index contributed by atoms with van der Waals surface area (Å²) in [6.07, 6.45) is 0. The molecule has 110 valence electrons. The van der Waals surface area contributed by atoms with Crippen LogP contribution in [0.5, 0.6) is 0 Å². The lowest BCUT2D eigenvalue weighted by atomic mass is 10.1. The second-order valence-corrected chi connectivity index (χ2v) is 6.94. The van der Waals surface area contributed by atoms with Gasteiger partial charge in [0.1, 0.15) is 0 Å². The van der Waals surface area contributed by atoms with E-state index in [9.17, 15) is 8.42 Å². The highest BCUT2D eigenvalue weighted by atomic mass is 32.2. The predicted molar refractivity (Wildman–Crippen MR) is 82.5 cm³/mol. The first-order valence-electron chi connectivity index (χ1n) is 6.63. The van der Waals surface area contributed by atoms with Gasteiger partial charge in [-0.3, -0.25) is 0 Å². The molecule has 0 fully saturated rings. The summed E-state index contributed by atoms with van der Waals surface area (Å²) in [6.45, 7) is 5.93. The van der Waals surface area contributed by atoms with E-state index in [1.54, 1.807) is 0 Å². The Morgan fingerprint density at radius 3 is 2.30 bits per heavy atom. The van der Waals surface area contributed by atoms with Crippen LogP contribution in [0, 0.1) is 17.8 Å². The Hall–Kier alpha value is -1.35. The molecule has 3 N–H and O–H groups in total. The van der Waals surface area contributed by atoms with Gasteiger partial charge in [0.25, 0.3) is 0 Å². The van der Waals surface area contributed by atoms with Crippen molar-refractivity contribution in [2.45, 2.75) is 26.8 Å². The molecule has 0 bridgehead atoms. The molecule has 0 aromatic heterocycles. The standard InChI is InChI=1S/C15H22N2O2S/c1-12(2)11-20(18,19)17-13(3)15-8-6-14(7-9-15)5-4-10-16/h6-9,12-13,17H,10-11,16H2,1-3H3. The Kier molecular flexibility index (Phi) is 6.21. The van der Waals surface area contributed by atoms with Gasteiger partial charge in [0.15, 0.2) is 0 Å². The number of hydrogen-bond donors (Lipinski definition) is 2. The topological polar surface area (TPSA) is 72.2 Å². The Labute approximate surface area is 121 Å². The van der Waals surface area contributed by atoms with Crippen molar-refractivity contribution in [3.05, 3.63) is 35.4 Å². The van der Waals surface area contributed by atoms with Gasteiger partial charge in [-0.15, -0.1) is 0 Å². The zero-order valence-corrected chi connectivity index (χ0v) is 13.0. The molecule has 4 nitrogen and oxygen atoms in total. The van der Waals surface area contributed by atoms with Crippen LogP contribution in [0.1, 0.15) is 37.9 Å². The quantitative estimate of drug-likeness (QED) is 0.811. The summed E-state index contributed by atoms with van der Waals surface area (Å²) >= 11 is 0. The van der Waals surface area contributed by atoms with Crippen LogP contribution >= 0.6 is 0 Å². The SMILES string of the molecule is CC(C)CS(=O)(=O)NC(C)c1ccc(C#CCN)cc1. The highest BCUT2D eigenvalue weighted by Gasteiger charge is 2.17. The largest absolute Gasteiger partial charge is 0.320 e. The summed E-state index contributed by atoms with van der Waals surface area (Å²) in [4.78, 5) is 0. The van der Waals surface area contributed by atoms with E-state index in [4.69, 9.17) is 5.73 Å². The molecule has 1 unspecified atom stereocenters. The maximum absolute atomic E-state index is 11.9. The molecule has 0 spiro atoms. The van der Waals surface area contributed by atoms with Gasteiger partial charge in [-0.1, -0.05) is 37.8 Å². The van der Waals surface area contributed by atoms with E-state index in [1.807, 2.05) is 45.0 Å². The number of sulfonamides is 1. The molecule has 0 heterocycles. The minimum Gasteiger partial charge on any atom is -0.320 e. The fourth-order valence-electron chi connectivity index (χ4n) is 1.83. The third-order valence-electron chi connectivity index (χ3n) is 2.65. The van der Waals surface area contributed by atoms with Crippen molar-refractivity contribution in [3.63, 3.8) is 0 Å². The second kappa shape index (κ2) is 7.44. The summed E-state index contributed by atoms with van der Waals surface area (Å²) in [7, 11) is -3.25. The number of nitrogens with one attached hydrogen (secondary N) is 1. The van der Waals surface area contributed by atoms with Crippen LogP contribution in [0.2, 0.25) is 0 Å². The summed E-state index contributed by atoms with van der Waals surface area (Å²) in [5.74, 6) is 5.95. The maximum Gasteiger partial charge on any atom is 0.212 e. The Morgan fingerprint density at radius 1 is 1.20 bits per heavy atom. The third kappa shape index (κ3) is 5.74. The molecule has 5 heteroatoms. The van der Waals surface area contributed by atoms with E-state index in [0.29, 0.717) is 6.54 Å². The molecule has 0 saturated carbocycles. The van der Waals surface area contributed by atoms with Crippen LogP contribution in [0.25, 0.3) is 0 Å². The first kappa shape index (κ1) is 16.7. The van der Waals surface area contributed by atoms with Crippen molar-refractivity contribution >= 4 is 10.0 Å². The zero-order chi connectivity index (χ0) is 15.2. The van der Waals surface area contributed by atoms with Crippen molar-refractivity contribution in [1.82, 2.24) is 4.72 Å². The van der Waals surface area contributed by atoms with Gasteiger partial charge < -0.3 is 5.73 Å². The number of hydrogen-bond acceptors (Lipinski definition) is 3. The molecule has 20 heavy (non-hydrogen) atoms. The molecule has 0 amide bonds. The fraction of sp³-hybridized carbons (Fsp3) is 0.467. The van der Waals surface area contributed by atoms with Crippen molar-refractivity contribution in [2.24, 2.45) is 11.7 Å². The fourth-order valence-corrected chi connectivity index (χ4v) is 3.48. The van der Waals surface area contributed by atoms with E-state index in [1.165, 1.54) is 0 Å². The lowest BCUT2D eigenvalue weighted by Gasteiger charge is -2.15. The predicted octanol–water partition coefficient (Wildman–Crippen LogP) is 1.63. The van der Waals surface area contributed by atoms with Crippen LogP contribution in [0.3, 0.4) is 0 Å². The van der Waals surface area contributed by atoms with Crippen LogP contribution in [0.15, 0.2) is 24.3 Å². The van der Waals surface area contributed by atoms with Crippen molar-refractivity contribution in [2.75, 3.05) is 12.3 Å². The van der Waals surface area contributed by atoms with Gasteiger partial charge in [-0.05, 0) is 30.5 Å². The molecule has 0 aliphatic carbocycles. The molecule has 1 aromatic carbocycles. The summed E-state index contributed by atoms with van der Waals surface area (Å²) < 4.78 is 26.5. The first-order valence-corrected chi connectivity index (χ1v) is 8.28. The highest BCUT2D eigenvalue weighted by Crippen LogP contribution is 2.15. The van der Waals surface area contributed by atoms with E-state index >= 15 is 0 Å². The van der Waals surface area contributed by atoms with Gasteiger partial charge in [-0.2, -0.15) is 0 Å². The van der Waals surface area contributed by atoms with Crippen molar-refractivity contribution < 1.29 is 8.42 Å². The van der Waals surface area contributed by atoms with Crippen LogP contribution in [-0.2, 0) is 10.0 Å². The molecule has 0 aliphatic rings. The number of rotatable bonds is 5. The molecule has 1 rings (SSSR count). The maximum atomic E-state index is 11.9. The highest BCUT2D eigenvalue weighted by molar-refractivity contribution is 7.89. The molecule has 0 saturated heterocycles. The smallest absolute Gasteiger partial charge is 0.212 e. The van der Waals surface area contributed by atoms with Gasteiger partial charge >= 0.3 is 0 Å².